The summed E-state index contributed by atoms with van der Waals surface area (Å²) >= 11 is 0. The molecule has 4 aliphatic carbocycles. The van der Waals surface area contributed by atoms with Gasteiger partial charge in [-0.25, -0.2) is 0 Å². The molecule has 0 aromatic carbocycles. The fourth-order valence-corrected chi connectivity index (χ4v) is 5.02. The Bertz CT molecular complexity index is 275. The van der Waals surface area contributed by atoms with E-state index in [1.807, 2.05) is 0 Å². The van der Waals surface area contributed by atoms with E-state index in [4.69, 9.17) is 0 Å². The minimum atomic E-state index is 0.331. The molecule has 2 heteroatoms. The maximum absolute atomic E-state index is 10.9. The summed E-state index contributed by atoms with van der Waals surface area (Å²) in [5.74, 6) is 3.38. The molecule has 0 aromatic rings. The number of nitrogens with one attached hydrogen (secondary N) is 1. The van der Waals surface area contributed by atoms with Crippen molar-refractivity contribution >= 4 is 5.78 Å². The van der Waals surface area contributed by atoms with E-state index in [1.54, 1.807) is 6.92 Å². The van der Waals surface area contributed by atoms with Crippen LogP contribution in [0.4, 0.5) is 0 Å². The Morgan fingerprint density at radius 2 is 1.65 bits per heavy atom. The van der Waals surface area contributed by atoms with Crippen LogP contribution in [-0.4, -0.2) is 17.9 Å². The highest BCUT2D eigenvalue weighted by Crippen LogP contribution is 2.55. The van der Waals surface area contributed by atoms with Crippen molar-refractivity contribution in [2.75, 3.05) is 6.54 Å². The molecule has 0 radical (unpaired) electrons. The Hall–Kier alpha value is -0.370. The van der Waals surface area contributed by atoms with Crippen LogP contribution in [-0.2, 0) is 4.79 Å². The molecule has 0 spiro atoms. The van der Waals surface area contributed by atoms with E-state index in [-0.39, 0.29) is 0 Å². The second-order valence-electron chi connectivity index (χ2n) is 6.93. The molecule has 17 heavy (non-hydrogen) atoms. The summed E-state index contributed by atoms with van der Waals surface area (Å²) < 4.78 is 0. The van der Waals surface area contributed by atoms with Crippen molar-refractivity contribution in [2.24, 2.45) is 17.8 Å². The monoisotopic (exact) mass is 235 g/mol. The fourth-order valence-electron chi connectivity index (χ4n) is 5.02. The highest BCUT2D eigenvalue weighted by molar-refractivity contribution is 5.75. The molecular formula is C15H25NO. The quantitative estimate of drug-likeness (QED) is 0.742. The number of rotatable bonds is 5. The normalized spacial score (nSPS) is 43.0. The van der Waals surface area contributed by atoms with Crippen molar-refractivity contribution in [1.29, 1.82) is 0 Å². The van der Waals surface area contributed by atoms with Crippen LogP contribution in [0, 0.1) is 17.8 Å². The lowest BCUT2D eigenvalue weighted by Crippen LogP contribution is -2.58. The van der Waals surface area contributed by atoms with Gasteiger partial charge in [-0.15, -0.1) is 0 Å². The highest BCUT2D eigenvalue weighted by Gasteiger charge is 2.50. The van der Waals surface area contributed by atoms with Crippen LogP contribution in [0.1, 0.15) is 58.3 Å². The van der Waals surface area contributed by atoms with Crippen molar-refractivity contribution in [3.8, 4) is 0 Å². The predicted molar refractivity (Wildman–Crippen MR) is 68.8 cm³/mol. The zero-order valence-electron chi connectivity index (χ0n) is 11.0. The van der Waals surface area contributed by atoms with Gasteiger partial charge >= 0.3 is 0 Å². The second-order valence-corrected chi connectivity index (χ2v) is 6.93. The topological polar surface area (TPSA) is 29.1 Å². The Balaban J connectivity index is 1.53. The van der Waals surface area contributed by atoms with Gasteiger partial charge in [-0.1, -0.05) is 0 Å². The van der Waals surface area contributed by atoms with Crippen LogP contribution >= 0.6 is 0 Å². The summed E-state index contributed by atoms with van der Waals surface area (Å²) in [4.78, 5) is 10.9. The van der Waals surface area contributed by atoms with Gasteiger partial charge in [0.1, 0.15) is 5.78 Å². The third kappa shape index (κ3) is 2.42. The maximum Gasteiger partial charge on any atom is 0.129 e. The number of carbonyl (C=O) groups excluding carboxylic acids is 1. The number of carbonyl (C=O) groups is 1. The molecule has 96 valence electrons. The minimum Gasteiger partial charge on any atom is -0.311 e. The number of hydrogen-bond donors (Lipinski definition) is 1. The van der Waals surface area contributed by atoms with E-state index in [2.05, 4.69) is 5.32 Å². The standard InChI is InChI=1S/C15H25NO/c1-11(17)3-2-4-16-15-8-12-5-13(9-15)7-14(6-12)10-15/h12-14,16H,2-10H2,1H3. The molecule has 0 aliphatic heterocycles. The molecule has 4 bridgehead atoms. The van der Waals surface area contributed by atoms with Crippen LogP contribution in [0.3, 0.4) is 0 Å². The lowest BCUT2D eigenvalue weighted by molar-refractivity contribution is -0.117. The van der Waals surface area contributed by atoms with Crippen molar-refractivity contribution in [1.82, 2.24) is 5.32 Å². The van der Waals surface area contributed by atoms with Gasteiger partial charge in [-0.3, -0.25) is 0 Å². The van der Waals surface area contributed by atoms with Crippen molar-refractivity contribution in [3.05, 3.63) is 0 Å². The largest absolute Gasteiger partial charge is 0.311 e. The molecule has 0 amide bonds. The van der Waals surface area contributed by atoms with E-state index >= 15 is 0 Å². The van der Waals surface area contributed by atoms with Crippen LogP contribution < -0.4 is 5.32 Å². The lowest BCUT2D eigenvalue weighted by atomic mass is 9.53. The average molecular weight is 235 g/mol. The van der Waals surface area contributed by atoms with Crippen molar-refractivity contribution in [2.45, 2.75) is 63.8 Å². The SMILES string of the molecule is CC(=O)CCCNC12CC3CC(CC(C3)C1)C2. The van der Waals surface area contributed by atoms with Gasteiger partial charge in [0.15, 0.2) is 0 Å². The average Bonchev–Trinajstić information content (AvgIpc) is 2.22. The van der Waals surface area contributed by atoms with Gasteiger partial charge in [0.05, 0.1) is 0 Å². The molecule has 0 atom stereocenters. The first-order valence-corrected chi connectivity index (χ1v) is 7.40. The highest BCUT2D eigenvalue weighted by atomic mass is 16.1. The molecule has 0 heterocycles. The molecule has 2 nitrogen and oxygen atoms in total. The van der Waals surface area contributed by atoms with Crippen LogP contribution in [0.5, 0.6) is 0 Å². The Morgan fingerprint density at radius 3 is 2.12 bits per heavy atom. The van der Waals surface area contributed by atoms with Gasteiger partial charge in [0.25, 0.3) is 0 Å². The zero-order chi connectivity index (χ0) is 11.9. The Kier molecular flexibility index (Phi) is 3.02. The van der Waals surface area contributed by atoms with Gasteiger partial charge in [-0.2, -0.15) is 0 Å². The molecule has 4 saturated carbocycles. The predicted octanol–water partition coefficient (Wildman–Crippen LogP) is 2.91. The molecule has 0 saturated heterocycles. The summed E-state index contributed by atoms with van der Waals surface area (Å²) in [6, 6.07) is 0. The fraction of sp³-hybridized carbons (Fsp3) is 0.933. The smallest absolute Gasteiger partial charge is 0.129 e. The third-order valence-electron chi connectivity index (χ3n) is 5.24. The zero-order valence-corrected chi connectivity index (χ0v) is 11.0. The number of ketones is 1. The summed E-state index contributed by atoms with van der Waals surface area (Å²) in [5.41, 5.74) is 0.478. The van der Waals surface area contributed by atoms with Gasteiger partial charge in [0.2, 0.25) is 0 Å². The summed E-state index contributed by atoms with van der Waals surface area (Å²) in [7, 11) is 0. The summed E-state index contributed by atoms with van der Waals surface area (Å²) in [6.07, 6.45) is 10.5. The molecule has 4 fully saturated rings. The van der Waals surface area contributed by atoms with E-state index < -0.39 is 0 Å². The second kappa shape index (κ2) is 4.38. The Labute approximate surface area is 105 Å². The summed E-state index contributed by atoms with van der Waals surface area (Å²) in [5, 5.41) is 3.83. The first kappa shape index (κ1) is 11.7. The lowest BCUT2D eigenvalue weighted by Gasteiger charge is -2.57. The first-order chi connectivity index (χ1) is 8.15. The van der Waals surface area contributed by atoms with Gasteiger partial charge in [-0.05, 0) is 76.2 Å². The molecule has 4 rings (SSSR count). The molecular weight excluding hydrogens is 210 g/mol. The van der Waals surface area contributed by atoms with Crippen LogP contribution in [0.15, 0.2) is 0 Å². The van der Waals surface area contributed by atoms with E-state index in [9.17, 15) is 4.79 Å². The van der Waals surface area contributed by atoms with Gasteiger partial charge in [0, 0.05) is 12.0 Å². The molecule has 0 aromatic heterocycles. The van der Waals surface area contributed by atoms with Crippen molar-refractivity contribution in [3.63, 3.8) is 0 Å². The summed E-state index contributed by atoms with van der Waals surface area (Å²) in [6.45, 7) is 2.75. The van der Waals surface area contributed by atoms with Crippen molar-refractivity contribution < 1.29 is 4.79 Å². The molecule has 0 unspecified atom stereocenters. The minimum absolute atomic E-state index is 0.331. The third-order valence-corrected chi connectivity index (χ3v) is 5.24. The van der Waals surface area contributed by atoms with Crippen LogP contribution in [0.25, 0.3) is 0 Å². The van der Waals surface area contributed by atoms with Crippen LogP contribution in [0.2, 0.25) is 0 Å². The molecule has 4 aliphatic rings. The number of Topliss-reactive ketones (excluding diaryl/α,β-unsaturated/α-hetero) is 1. The van der Waals surface area contributed by atoms with E-state index in [1.165, 1.54) is 38.5 Å². The Morgan fingerprint density at radius 1 is 1.12 bits per heavy atom. The van der Waals surface area contributed by atoms with E-state index in [0.717, 1.165) is 37.1 Å². The van der Waals surface area contributed by atoms with Gasteiger partial charge < -0.3 is 10.1 Å². The number of hydrogen-bond acceptors (Lipinski definition) is 2. The first-order valence-electron chi connectivity index (χ1n) is 7.40. The molecule has 1 N–H and O–H groups in total. The maximum atomic E-state index is 10.9. The van der Waals surface area contributed by atoms with E-state index in [0.29, 0.717) is 11.3 Å².